The van der Waals surface area contributed by atoms with Crippen LogP contribution in [0.1, 0.15) is 20.8 Å². The third kappa shape index (κ3) is 5.44. The van der Waals surface area contributed by atoms with Crippen LogP contribution < -0.4 is 15.4 Å². The van der Waals surface area contributed by atoms with Gasteiger partial charge in [-0.3, -0.25) is 4.90 Å². The van der Waals surface area contributed by atoms with Crippen molar-refractivity contribution < 1.29 is 14.3 Å². The van der Waals surface area contributed by atoms with Gasteiger partial charge in [0.25, 0.3) is 0 Å². The number of anilines is 2. The van der Waals surface area contributed by atoms with Crippen molar-refractivity contribution >= 4 is 17.5 Å². The van der Waals surface area contributed by atoms with Gasteiger partial charge in [0.1, 0.15) is 11.4 Å². The van der Waals surface area contributed by atoms with Crippen LogP contribution in [-0.4, -0.2) is 50.9 Å². The second kappa shape index (κ2) is 7.35. The molecule has 124 valence electrons. The second-order valence-electron chi connectivity index (χ2n) is 6.37. The van der Waals surface area contributed by atoms with Crippen molar-refractivity contribution in [2.24, 2.45) is 0 Å². The minimum Gasteiger partial charge on any atom is -0.495 e. The van der Waals surface area contributed by atoms with Crippen LogP contribution in [0.4, 0.5) is 16.2 Å². The van der Waals surface area contributed by atoms with E-state index < -0.39 is 11.7 Å². The van der Waals surface area contributed by atoms with E-state index in [4.69, 9.17) is 15.2 Å². The molecule has 2 N–H and O–H groups in total. The number of nitrogen functional groups attached to an aromatic ring is 1. The molecule has 0 saturated heterocycles. The van der Waals surface area contributed by atoms with Gasteiger partial charge in [0.2, 0.25) is 0 Å². The largest absolute Gasteiger partial charge is 0.495 e. The van der Waals surface area contributed by atoms with Crippen molar-refractivity contribution in [1.82, 2.24) is 4.90 Å². The molecule has 1 amide bonds. The number of nitrogens with zero attached hydrogens (tertiary/aromatic N) is 2. The lowest BCUT2D eigenvalue weighted by Crippen LogP contribution is -2.40. The number of ether oxygens (including phenoxy) is 2. The minimum absolute atomic E-state index is 0.418. The molecule has 1 rings (SSSR count). The zero-order chi connectivity index (χ0) is 16.9. The van der Waals surface area contributed by atoms with Crippen molar-refractivity contribution in [2.75, 3.05) is 44.9 Å². The maximum atomic E-state index is 12.5. The quantitative estimate of drug-likeness (QED) is 0.847. The van der Waals surface area contributed by atoms with Gasteiger partial charge in [-0.15, -0.1) is 0 Å². The first-order chi connectivity index (χ1) is 10.1. The van der Waals surface area contributed by atoms with Gasteiger partial charge in [-0.1, -0.05) is 0 Å². The Kier molecular flexibility index (Phi) is 6.05. The fourth-order valence-corrected chi connectivity index (χ4v) is 1.85. The lowest BCUT2D eigenvalue weighted by molar-refractivity contribution is 0.0577. The highest BCUT2D eigenvalue weighted by Gasteiger charge is 2.25. The van der Waals surface area contributed by atoms with Crippen LogP contribution >= 0.6 is 0 Å². The number of carbonyl (C=O) groups is 1. The van der Waals surface area contributed by atoms with Crippen molar-refractivity contribution in [3.05, 3.63) is 18.2 Å². The summed E-state index contributed by atoms with van der Waals surface area (Å²) in [5, 5.41) is 0. The maximum Gasteiger partial charge on any atom is 0.414 e. The first-order valence-electron chi connectivity index (χ1n) is 7.23. The maximum absolute atomic E-state index is 12.5. The number of benzene rings is 1. The molecular weight excluding hydrogens is 282 g/mol. The monoisotopic (exact) mass is 309 g/mol. The number of nitrogens with two attached hydrogens (primary N) is 1. The normalized spacial score (nSPS) is 11.4. The van der Waals surface area contributed by atoms with Crippen molar-refractivity contribution in [3.63, 3.8) is 0 Å². The van der Waals surface area contributed by atoms with E-state index in [0.717, 1.165) is 0 Å². The zero-order valence-corrected chi connectivity index (χ0v) is 14.3. The smallest absolute Gasteiger partial charge is 0.414 e. The molecule has 0 aliphatic rings. The molecule has 1 aromatic rings. The predicted octanol–water partition coefficient (Wildman–Crippen LogP) is 2.58. The van der Waals surface area contributed by atoms with Gasteiger partial charge in [-0.05, 0) is 53.1 Å². The van der Waals surface area contributed by atoms with Crippen LogP contribution in [0.3, 0.4) is 0 Å². The first kappa shape index (κ1) is 18.1. The molecule has 6 nitrogen and oxygen atoms in total. The van der Waals surface area contributed by atoms with E-state index in [1.54, 1.807) is 30.2 Å². The molecule has 0 radical (unpaired) electrons. The van der Waals surface area contributed by atoms with E-state index in [9.17, 15) is 4.79 Å². The summed E-state index contributed by atoms with van der Waals surface area (Å²) in [5.41, 5.74) is 6.46. The van der Waals surface area contributed by atoms with Crippen LogP contribution in [0, 0.1) is 0 Å². The Balaban J connectivity index is 3.14. The van der Waals surface area contributed by atoms with E-state index in [-0.39, 0.29) is 0 Å². The number of hydrogen-bond donors (Lipinski definition) is 1. The van der Waals surface area contributed by atoms with E-state index in [0.29, 0.717) is 30.2 Å². The fraction of sp³-hybridized carbons (Fsp3) is 0.562. The molecule has 0 bridgehead atoms. The lowest BCUT2D eigenvalue weighted by atomic mass is 10.2. The highest BCUT2D eigenvalue weighted by atomic mass is 16.6. The molecule has 0 aliphatic carbocycles. The van der Waals surface area contributed by atoms with Crippen LogP contribution in [0.25, 0.3) is 0 Å². The zero-order valence-electron chi connectivity index (χ0n) is 14.3. The Hall–Kier alpha value is -1.95. The molecule has 0 fully saturated rings. The molecule has 0 spiro atoms. The van der Waals surface area contributed by atoms with Crippen molar-refractivity contribution in [1.29, 1.82) is 0 Å². The minimum atomic E-state index is -0.568. The van der Waals surface area contributed by atoms with Gasteiger partial charge in [0, 0.05) is 18.8 Å². The van der Waals surface area contributed by atoms with Crippen LogP contribution in [0.5, 0.6) is 5.75 Å². The Bertz CT molecular complexity index is 510. The standard InChI is InChI=1S/C16H27N3O3/c1-16(2,3)22-15(20)19(10-9-18(4)5)13-11-12(17)7-8-14(13)21-6/h7-8,11H,9-10,17H2,1-6H3. The second-order valence-corrected chi connectivity index (χ2v) is 6.37. The summed E-state index contributed by atoms with van der Waals surface area (Å²) in [6.07, 6.45) is -0.418. The molecule has 0 atom stereocenters. The summed E-state index contributed by atoms with van der Waals surface area (Å²) in [4.78, 5) is 16.1. The summed E-state index contributed by atoms with van der Waals surface area (Å²) in [6.45, 7) is 6.68. The lowest BCUT2D eigenvalue weighted by Gasteiger charge is -2.29. The molecule has 0 aromatic heterocycles. The van der Waals surface area contributed by atoms with Gasteiger partial charge in [-0.25, -0.2) is 4.79 Å². The fourth-order valence-electron chi connectivity index (χ4n) is 1.85. The summed E-state index contributed by atoms with van der Waals surface area (Å²) in [5.74, 6) is 0.582. The number of methoxy groups -OCH3 is 1. The molecule has 1 aromatic carbocycles. The van der Waals surface area contributed by atoms with E-state index in [1.807, 2.05) is 39.8 Å². The number of carbonyl (C=O) groups excluding carboxylic acids is 1. The van der Waals surface area contributed by atoms with Crippen LogP contribution in [0.15, 0.2) is 18.2 Å². The van der Waals surface area contributed by atoms with Gasteiger partial charge in [0.05, 0.1) is 12.8 Å². The van der Waals surface area contributed by atoms with E-state index in [1.165, 1.54) is 0 Å². The molecule has 0 heterocycles. The topological polar surface area (TPSA) is 68.0 Å². The Morgan fingerprint density at radius 1 is 1.23 bits per heavy atom. The van der Waals surface area contributed by atoms with Gasteiger partial charge in [0.15, 0.2) is 0 Å². The third-order valence-electron chi connectivity index (χ3n) is 2.88. The highest BCUT2D eigenvalue weighted by molar-refractivity contribution is 5.90. The highest BCUT2D eigenvalue weighted by Crippen LogP contribution is 2.31. The Labute approximate surface area is 132 Å². The number of likely N-dealkylation sites (N-methyl/N-ethyl adjacent to an activating group) is 1. The summed E-state index contributed by atoms with van der Waals surface area (Å²) in [7, 11) is 5.46. The molecule has 22 heavy (non-hydrogen) atoms. The van der Waals surface area contributed by atoms with Gasteiger partial charge < -0.3 is 20.1 Å². The van der Waals surface area contributed by atoms with Gasteiger partial charge >= 0.3 is 6.09 Å². The number of amides is 1. The molecule has 0 aliphatic heterocycles. The average Bonchev–Trinajstić information content (AvgIpc) is 2.36. The molecule has 0 saturated carbocycles. The van der Waals surface area contributed by atoms with Crippen LogP contribution in [-0.2, 0) is 4.74 Å². The van der Waals surface area contributed by atoms with Gasteiger partial charge in [-0.2, -0.15) is 0 Å². The predicted molar refractivity (Wildman–Crippen MR) is 89.5 cm³/mol. The molecule has 0 unspecified atom stereocenters. The van der Waals surface area contributed by atoms with Crippen molar-refractivity contribution in [2.45, 2.75) is 26.4 Å². The summed E-state index contributed by atoms with van der Waals surface area (Å²) < 4.78 is 10.8. The van der Waals surface area contributed by atoms with E-state index >= 15 is 0 Å². The number of rotatable bonds is 5. The van der Waals surface area contributed by atoms with Crippen LogP contribution in [0.2, 0.25) is 0 Å². The summed E-state index contributed by atoms with van der Waals surface area (Å²) in [6, 6.07) is 5.21. The summed E-state index contributed by atoms with van der Waals surface area (Å²) >= 11 is 0. The first-order valence-corrected chi connectivity index (χ1v) is 7.23. The third-order valence-corrected chi connectivity index (χ3v) is 2.88. The van der Waals surface area contributed by atoms with E-state index in [2.05, 4.69) is 0 Å². The molecule has 6 heteroatoms. The van der Waals surface area contributed by atoms with Crippen molar-refractivity contribution in [3.8, 4) is 5.75 Å². The number of hydrogen-bond acceptors (Lipinski definition) is 5. The average molecular weight is 309 g/mol. The Morgan fingerprint density at radius 3 is 2.36 bits per heavy atom. The SMILES string of the molecule is COc1ccc(N)cc1N(CCN(C)C)C(=O)OC(C)(C)C. The Morgan fingerprint density at radius 2 is 1.86 bits per heavy atom. The molecular formula is C16H27N3O3.